The maximum Gasteiger partial charge on any atom is 0.360 e. The van der Waals surface area contributed by atoms with Gasteiger partial charge in [-0.25, -0.2) is 9.48 Å². The number of ether oxygens (including phenoxy) is 3. The number of carbonyl (C=O) groups is 1. The summed E-state index contributed by atoms with van der Waals surface area (Å²) in [6.07, 6.45) is 1.61. The number of esters is 1. The first kappa shape index (κ1) is 13.9. The molecule has 0 aliphatic carbocycles. The molecule has 1 fully saturated rings. The van der Waals surface area contributed by atoms with Gasteiger partial charge in [0.2, 0.25) is 0 Å². The minimum Gasteiger partial charge on any atom is -0.458 e. The monoisotopic (exact) mass is 270 g/mol. The molecule has 0 aromatic carbocycles. The van der Waals surface area contributed by atoms with E-state index in [1.165, 1.54) is 0 Å². The van der Waals surface area contributed by atoms with Gasteiger partial charge in [0.1, 0.15) is 6.61 Å². The Balaban J connectivity index is 1.66. The quantitative estimate of drug-likeness (QED) is 0.491. The molecule has 0 saturated carbocycles. The fraction of sp³-hybridized carbons (Fsp3) is 0.727. The zero-order valence-electron chi connectivity index (χ0n) is 10.9. The third-order valence-electron chi connectivity index (χ3n) is 2.75. The van der Waals surface area contributed by atoms with Crippen LogP contribution in [0, 0.1) is 0 Å². The van der Waals surface area contributed by atoms with Gasteiger partial charge < -0.3 is 19.5 Å². The van der Waals surface area contributed by atoms with Crippen molar-refractivity contribution in [3.8, 4) is 0 Å². The van der Waals surface area contributed by atoms with Crippen molar-refractivity contribution in [1.29, 1.82) is 0 Å². The number of rotatable bonds is 8. The third-order valence-corrected chi connectivity index (χ3v) is 2.75. The molecular weight excluding hydrogens is 252 g/mol. The van der Waals surface area contributed by atoms with Crippen LogP contribution in [0.25, 0.3) is 0 Å². The molecule has 0 radical (unpaired) electrons. The van der Waals surface area contributed by atoms with Crippen molar-refractivity contribution in [2.45, 2.75) is 6.04 Å². The van der Waals surface area contributed by atoms with E-state index in [1.54, 1.807) is 18.0 Å². The maximum absolute atomic E-state index is 11.6. The van der Waals surface area contributed by atoms with Crippen LogP contribution in [-0.2, 0) is 14.2 Å². The van der Waals surface area contributed by atoms with E-state index in [0.29, 0.717) is 19.8 Å². The van der Waals surface area contributed by atoms with Gasteiger partial charge in [-0.3, -0.25) is 0 Å². The first-order chi connectivity index (χ1) is 9.31. The van der Waals surface area contributed by atoms with Crippen LogP contribution in [0.2, 0.25) is 0 Å². The highest BCUT2D eigenvalue weighted by atomic mass is 16.6. The van der Waals surface area contributed by atoms with Gasteiger partial charge in [0.05, 0.1) is 32.1 Å². The van der Waals surface area contributed by atoms with E-state index in [4.69, 9.17) is 14.2 Å². The largest absolute Gasteiger partial charge is 0.458 e. The van der Waals surface area contributed by atoms with Gasteiger partial charge in [0, 0.05) is 20.2 Å². The molecular formula is C11H18N4O4. The lowest BCUT2D eigenvalue weighted by Crippen LogP contribution is -2.43. The molecule has 106 valence electrons. The maximum atomic E-state index is 11.6. The summed E-state index contributed by atoms with van der Waals surface area (Å²) in [6, 6.07) is 0.284. The number of carbonyl (C=O) groups excluding carboxylic acids is 1. The number of methoxy groups -OCH3 is 1. The van der Waals surface area contributed by atoms with E-state index in [9.17, 15) is 4.79 Å². The Kier molecular flexibility index (Phi) is 5.25. The van der Waals surface area contributed by atoms with E-state index in [-0.39, 0.29) is 18.3 Å². The van der Waals surface area contributed by atoms with Crippen molar-refractivity contribution in [3.05, 3.63) is 11.9 Å². The predicted octanol–water partition coefficient (Wildman–Crippen LogP) is -0.758. The molecule has 1 aliphatic heterocycles. The summed E-state index contributed by atoms with van der Waals surface area (Å²) >= 11 is 0. The van der Waals surface area contributed by atoms with Gasteiger partial charge in [0.15, 0.2) is 5.69 Å². The first-order valence-electron chi connectivity index (χ1n) is 6.17. The summed E-state index contributed by atoms with van der Waals surface area (Å²) in [5.41, 5.74) is 0.226. The standard InChI is InChI=1S/C11H18N4O4/c1-17-2-3-18-4-5-19-11(16)10-8-15(14-13-10)9-6-12-7-9/h8-9,12H,2-7H2,1H3. The molecule has 0 amide bonds. The molecule has 19 heavy (non-hydrogen) atoms. The minimum atomic E-state index is -0.478. The lowest BCUT2D eigenvalue weighted by molar-refractivity contribution is 0.0209. The van der Waals surface area contributed by atoms with E-state index >= 15 is 0 Å². The molecule has 0 atom stereocenters. The van der Waals surface area contributed by atoms with Crippen LogP contribution in [-0.4, -0.2) is 67.6 Å². The normalized spacial score (nSPS) is 15.2. The van der Waals surface area contributed by atoms with Crippen LogP contribution >= 0.6 is 0 Å². The zero-order chi connectivity index (χ0) is 13.5. The van der Waals surface area contributed by atoms with Gasteiger partial charge >= 0.3 is 5.97 Å². The molecule has 1 aromatic heterocycles. The number of nitrogens with one attached hydrogen (secondary N) is 1. The van der Waals surface area contributed by atoms with E-state index in [1.807, 2.05) is 0 Å². The molecule has 8 heteroatoms. The second kappa shape index (κ2) is 7.17. The average molecular weight is 270 g/mol. The van der Waals surface area contributed by atoms with Crippen molar-refractivity contribution in [2.75, 3.05) is 46.6 Å². The molecule has 0 spiro atoms. The predicted molar refractivity (Wildman–Crippen MR) is 64.9 cm³/mol. The third kappa shape index (κ3) is 3.98. The minimum absolute atomic E-state index is 0.195. The van der Waals surface area contributed by atoms with Gasteiger partial charge in [-0.2, -0.15) is 0 Å². The Bertz CT molecular complexity index is 405. The molecule has 0 unspecified atom stereocenters. The highest BCUT2D eigenvalue weighted by Crippen LogP contribution is 2.10. The smallest absolute Gasteiger partial charge is 0.360 e. The van der Waals surface area contributed by atoms with Crippen LogP contribution in [0.5, 0.6) is 0 Å². The van der Waals surface area contributed by atoms with E-state index in [0.717, 1.165) is 13.1 Å². The lowest BCUT2D eigenvalue weighted by atomic mass is 10.2. The Morgan fingerprint density at radius 3 is 2.89 bits per heavy atom. The highest BCUT2D eigenvalue weighted by molar-refractivity contribution is 5.86. The molecule has 8 nitrogen and oxygen atoms in total. The topological polar surface area (TPSA) is 87.5 Å². The van der Waals surface area contributed by atoms with Crippen LogP contribution in [0.4, 0.5) is 0 Å². The van der Waals surface area contributed by atoms with Crippen molar-refractivity contribution >= 4 is 5.97 Å². The van der Waals surface area contributed by atoms with Gasteiger partial charge in [-0.1, -0.05) is 5.21 Å². The molecule has 1 aliphatic rings. The lowest BCUT2D eigenvalue weighted by Gasteiger charge is -2.26. The van der Waals surface area contributed by atoms with Crippen molar-refractivity contribution in [1.82, 2.24) is 20.3 Å². The van der Waals surface area contributed by atoms with Crippen LogP contribution in [0.1, 0.15) is 16.5 Å². The fourth-order valence-electron chi connectivity index (χ4n) is 1.52. The van der Waals surface area contributed by atoms with E-state index in [2.05, 4.69) is 15.6 Å². The van der Waals surface area contributed by atoms with Crippen molar-refractivity contribution in [2.24, 2.45) is 0 Å². The Labute approximate surface area is 111 Å². The summed E-state index contributed by atoms with van der Waals surface area (Å²) in [6.45, 7) is 3.25. The molecule has 1 saturated heterocycles. The van der Waals surface area contributed by atoms with Crippen LogP contribution < -0.4 is 5.32 Å². The molecule has 2 heterocycles. The Morgan fingerprint density at radius 2 is 2.21 bits per heavy atom. The SMILES string of the molecule is COCCOCCOC(=O)c1cn(C2CNC2)nn1. The Hall–Kier alpha value is -1.51. The fourth-order valence-corrected chi connectivity index (χ4v) is 1.52. The highest BCUT2D eigenvalue weighted by Gasteiger charge is 2.22. The number of hydrogen-bond donors (Lipinski definition) is 1. The summed E-state index contributed by atoms with van der Waals surface area (Å²) in [5, 5.41) is 10.8. The first-order valence-corrected chi connectivity index (χ1v) is 6.17. The van der Waals surface area contributed by atoms with Gasteiger partial charge in [-0.15, -0.1) is 5.10 Å². The summed E-state index contributed by atoms with van der Waals surface area (Å²) in [5.74, 6) is -0.478. The number of hydrogen-bond acceptors (Lipinski definition) is 7. The van der Waals surface area contributed by atoms with E-state index < -0.39 is 5.97 Å². The average Bonchev–Trinajstić information content (AvgIpc) is 2.80. The molecule has 1 N–H and O–H groups in total. The second-order valence-electron chi connectivity index (χ2n) is 4.14. The Morgan fingerprint density at radius 1 is 1.42 bits per heavy atom. The number of nitrogens with zero attached hydrogens (tertiary/aromatic N) is 3. The van der Waals surface area contributed by atoms with Gasteiger partial charge in [-0.05, 0) is 0 Å². The van der Waals surface area contributed by atoms with Gasteiger partial charge in [0.25, 0.3) is 0 Å². The molecule has 1 aromatic rings. The summed E-state index contributed by atoms with van der Waals surface area (Å²) in [4.78, 5) is 11.6. The van der Waals surface area contributed by atoms with Crippen LogP contribution in [0.3, 0.4) is 0 Å². The van der Waals surface area contributed by atoms with Crippen molar-refractivity contribution in [3.63, 3.8) is 0 Å². The molecule has 2 rings (SSSR count). The summed E-state index contributed by atoms with van der Waals surface area (Å²) in [7, 11) is 1.60. The summed E-state index contributed by atoms with van der Waals surface area (Å²) < 4.78 is 16.7. The van der Waals surface area contributed by atoms with Crippen molar-refractivity contribution < 1.29 is 19.0 Å². The van der Waals surface area contributed by atoms with Crippen LogP contribution in [0.15, 0.2) is 6.20 Å². The number of aromatic nitrogens is 3. The second-order valence-corrected chi connectivity index (χ2v) is 4.14. The molecule has 0 bridgehead atoms. The zero-order valence-corrected chi connectivity index (χ0v) is 10.9.